The molecule has 4 nitrogen and oxygen atoms in total. The minimum absolute atomic E-state index is 0.0344. The van der Waals surface area contributed by atoms with Crippen LogP contribution in [0.15, 0.2) is 16.9 Å². The number of H-pyrrole nitrogens is 1. The van der Waals surface area contributed by atoms with E-state index < -0.39 is 0 Å². The zero-order valence-electron chi connectivity index (χ0n) is 12.6. The fourth-order valence-corrected chi connectivity index (χ4v) is 4.03. The van der Waals surface area contributed by atoms with Crippen LogP contribution in [0.3, 0.4) is 0 Å². The molecule has 0 spiro atoms. The second-order valence-corrected chi connectivity index (χ2v) is 6.91. The number of pyridine rings is 1. The van der Waals surface area contributed by atoms with Crippen LogP contribution in [0, 0.1) is 0 Å². The Balaban J connectivity index is 1.40. The number of hydrogen-bond acceptors (Lipinski definition) is 3. The summed E-state index contributed by atoms with van der Waals surface area (Å²) in [5.41, 5.74) is 2.51. The van der Waals surface area contributed by atoms with Crippen molar-refractivity contribution in [3.8, 4) is 0 Å². The first-order valence-electron chi connectivity index (χ1n) is 8.52. The van der Waals surface area contributed by atoms with E-state index in [1.807, 2.05) is 6.07 Å². The van der Waals surface area contributed by atoms with Crippen molar-refractivity contribution >= 4 is 0 Å². The number of aromatic amines is 1. The highest BCUT2D eigenvalue weighted by molar-refractivity contribution is 5.26. The van der Waals surface area contributed by atoms with Gasteiger partial charge in [-0.2, -0.15) is 0 Å². The Morgan fingerprint density at radius 1 is 1.10 bits per heavy atom. The third-order valence-corrected chi connectivity index (χ3v) is 5.36. The highest BCUT2D eigenvalue weighted by atomic mass is 16.1. The lowest BCUT2D eigenvalue weighted by Gasteiger charge is -2.36. The van der Waals surface area contributed by atoms with Gasteiger partial charge in [-0.25, -0.2) is 0 Å². The smallest absolute Gasteiger partial charge is 0.248 e. The van der Waals surface area contributed by atoms with E-state index in [0.29, 0.717) is 12.1 Å². The molecule has 3 aliphatic rings. The summed E-state index contributed by atoms with van der Waals surface area (Å²) in [5.74, 6) is 0. The number of aromatic nitrogens is 1. The summed E-state index contributed by atoms with van der Waals surface area (Å²) in [4.78, 5) is 17.2. The highest BCUT2D eigenvalue weighted by Gasteiger charge is 2.32. The summed E-state index contributed by atoms with van der Waals surface area (Å²) < 4.78 is 0. The molecule has 2 fully saturated rings. The van der Waals surface area contributed by atoms with Gasteiger partial charge in [0.25, 0.3) is 0 Å². The maximum atomic E-state index is 11.5. The largest absolute Gasteiger partial charge is 0.326 e. The summed E-state index contributed by atoms with van der Waals surface area (Å²) in [5, 5.41) is 3.86. The monoisotopic (exact) mass is 287 g/mol. The van der Waals surface area contributed by atoms with Crippen LogP contribution >= 0.6 is 0 Å². The van der Waals surface area contributed by atoms with E-state index >= 15 is 0 Å². The lowest BCUT2D eigenvalue weighted by molar-refractivity contribution is 0.180. The minimum Gasteiger partial charge on any atom is -0.326 e. The van der Waals surface area contributed by atoms with Gasteiger partial charge in [-0.15, -0.1) is 0 Å². The number of likely N-dealkylation sites (tertiary alicyclic amines) is 1. The Labute approximate surface area is 125 Å². The van der Waals surface area contributed by atoms with Gasteiger partial charge in [-0.1, -0.05) is 6.07 Å². The Morgan fingerprint density at radius 2 is 1.90 bits per heavy atom. The average molecular weight is 287 g/mol. The highest BCUT2D eigenvalue weighted by Crippen LogP contribution is 2.31. The fourth-order valence-electron chi connectivity index (χ4n) is 4.03. The first-order valence-corrected chi connectivity index (χ1v) is 8.52. The Kier molecular flexibility index (Phi) is 3.59. The third-order valence-electron chi connectivity index (χ3n) is 5.36. The fraction of sp³-hybridized carbons (Fsp3) is 0.706. The van der Waals surface area contributed by atoms with Crippen LogP contribution in [-0.2, 0) is 6.42 Å². The second kappa shape index (κ2) is 5.58. The zero-order valence-corrected chi connectivity index (χ0v) is 12.6. The number of nitrogens with zero attached hydrogens (tertiary/aromatic N) is 1. The van der Waals surface area contributed by atoms with E-state index in [4.69, 9.17) is 0 Å². The summed E-state index contributed by atoms with van der Waals surface area (Å²) in [6.07, 6.45) is 8.76. The molecule has 0 bridgehead atoms. The van der Waals surface area contributed by atoms with Crippen molar-refractivity contribution in [1.29, 1.82) is 0 Å². The summed E-state index contributed by atoms with van der Waals surface area (Å²) in [6.45, 7) is 2.51. The van der Waals surface area contributed by atoms with Gasteiger partial charge < -0.3 is 15.2 Å². The molecule has 114 valence electrons. The topological polar surface area (TPSA) is 48.1 Å². The standard InChI is InChI=1S/C17H25N3O/c21-17-7-6-14-15(2-1-3-16(14)19-17)18-12-8-10-20(11-9-12)13-4-5-13/h6-7,12-13,15,18H,1-5,8-11H2,(H,19,21). The molecule has 1 aromatic rings. The van der Waals surface area contributed by atoms with Crippen LogP contribution in [0.4, 0.5) is 0 Å². The van der Waals surface area contributed by atoms with Crippen LogP contribution in [-0.4, -0.2) is 35.1 Å². The molecule has 0 aromatic carbocycles. The van der Waals surface area contributed by atoms with Crippen LogP contribution in [0.5, 0.6) is 0 Å². The molecular weight excluding hydrogens is 262 g/mol. The molecule has 1 unspecified atom stereocenters. The van der Waals surface area contributed by atoms with Gasteiger partial charge in [0.1, 0.15) is 0 Å². The predicted octanol–water partition coefficient (Wildman–Crippen LogP) is 1.97. The number of hydrogen-bond donors (Lipinski definition) is 2. The molecule has 2 heterocycles. The molecular formula is C17H25N3O. The zero-order chi connectivity index (χ0) is 14.2. The minimum atomic E-state index is 0.0344. The van der Waals surface area contributed by atoms with E-state index in [-0.39, 0.29) is 5.56 Å². The van der Waals surface area contributed by atoms with Gasteiger partial charge in [0.05, 0.1) is 0 Å². The SMILES string of the molecule is O=c1ccc2c([nH]1)CCCC2NC1CCN(C2CC2)CC1. The molecule has 21 heavy (non-hydrogen) atoms. The average Bonchev–Trinajstić information content (AvgIpc) is 3.33. The molecule has 1 aromatic heterocycles. The Bertz CT molecular complexity index is 555. The first-order chi connectivity index (χ1) is 10.3. The Morgan fingerprint density at radius 3 is 2.67 bits per heavy atom. The number of aryl methyl sites for hydroxylation is 1. The van der Waals surface area contributed by atoms with Gasteiger partial charge in [0, 0.05) is 29.9 Å². The lowest BCUT2D eigenvalue weighted by atomic mass is 9.90. The van der Waals surface area contributed by atoms with Crippen molar-refractivity contribution in [2.75, 3.05) is 13.1 Å². The lowest BCUT2D eigenvalue weighted by Crippen LogP contribution is -2.45. The van der Waals surface area contributed by atoms with Gasteiger partial charge >= 0.3 is 0 Å². The number of nitrogens with one attached hydrogen (secondary N) is 2. The Hall–Kier alpha value is -1.13. The van der Waals surface area contributed by atoms with E-state index in [2.05, 4.69) is 15.2 Å². The summed E-state index contributed by atoms with van der Waals surface area (Å²) in [7, 11) is 0. The molecule has 2 aliphatic carbocycles. The summed E-state index contributed by atoms with van der Waals surface area (Å²) in [6, 6.07) is 5.69. The maximum absolute atomic E-state index is 11.5. The quantitative estimate of drug-likeness (QED) is 0.893. The molecule has 2 N–H and O–H groups in total. The predicted molar refractivity (Wildman–Crippen MR) is 83.5 cm³/mol. The van der Waals surface area contributed by atoms with E-state index in [1.54, 1.807) is 6.07 Å². The van der Waals surface area contributed by atoms with Crippen molar-refractivity contribution < 1.29 is 0 Å². The first kappa shape index (κ1) is 13.5. The van der Waals surface area contributed by atoms with Crippen LogP contribution < -0.4 is 10.9 Å². The molecule has 4 heteroatoms. The summed E-state index contributed by atoms with van der Waals surface area (Å²) >= 11 is 0. The molecule has 1 saturated heterocycles. The van der Waals surface area contributed by atoms with Crippen molar-refractivity contribution in [2.45, 2.75) is 63.1 Å². The van der Waals surface area contributed by atoms with Crippen molar-refractivity contribution in [2.24, 2.45) is 0 Å². The van der Waals surface area contributed by atoms with Crippen LogP contribution in [0.1, 0.15) is 55.8 Å². The normalized spacial score (nSPS) is 27.5. The third kappa shape index (κ3) is 2.92. The van der Waals surface area contributed by atoms with Crippen molar-refractivity contribution in [3.63, 3.8) is 0 Å². The van der Waals surface area contributed by atoms with Crippen LogP contribution in [0.25, 0.3) is 0 Å². The van der Waals surface area contributed by atoms with E-state index in [9.17, 15) is 4.79 Å². The molecule has 4 rings (SSSR count). The van der Waals surface area contributed by atoms with Crippen molar-refractivity contribution in [1.82, 2.24) is 15.2 Å². The molecule has 1 saturated carbocycles. The van der Waals surface area contributed by atoms with E-state index in [0.717, 1.165) is 18.2 Å². The van der Waals surface area contributed by atoms with Crippen molar-refractivity contribution in [3.05, 3.63) is 33.7 Å². The molecule has 1 atom stereocenters. The van der Waals surface area contributed by atoms with E-state index in [1.165, 1.54) is 57.2 Å². The second-order valence-electron chi connectivity index (χ2n) is 6.91. The number of rotatable bonds is 3. The molecule has 0 radical (unpaired) electrons. The molecule has 1 aliphatic heterocycles. The van der Waals surface area contributed by atoms with Gasteiger partial charge in [0.15, 0.2) is 0 Å². The maximum Gasteiger partial charge on any atom is 0.248 e. The number of fused-ring (bicyclic) bond motifs is 1. The number of piperidine rings is 1. The van der Waals surface area contributed by atoms with Crippen LogP contribution in [0.2, 0.25) is 0 Å². The van der Waals surface area contributed by atoms with Gasteiger partial charge in [0.2, 0.25) is 5.56 Å². The molecule has 0 amide bonds. The van der Waals surface area contributed by atoms with Gasteiger partial charge in [-0.05, 0) is 63.6 Å². The van der Waals surface area contributed by atoms with Gasteiger partial charge in [-0.3, -0.25) is 4.79 Å².